The SMILES string of the molecule is CCC1(C2(CC(=O)O)CC2)COC1. The fourth-order valence-electron chi connectivity index (χ4n) is 2.57. The van der Waals surface area contributed by atoms with Crippen LogP contribution in [0.15, 0.2) is 0 Å². The van der Waals surface area contributed by atoms with Gasteiger partial charge >= 0.3 is 5.97 Å². The van der Waals surface area contributed by atoms with Crippen molar-refractivity contribution in [2.24, 2.45) is 10.8 Å². The maximum Gasteiger partial charge on any atom is 0.303 e. The van der Waals surface area contributed by atoms with Crippen LogP contribution in [0, 0.1) is 10.8 Å². The van der Waals surface area contributed by atoms with Crippen molar-refractivity contribution in [2.45, 2.75) is 32.6 Å². The van der Waals surface area contributed by atoms with Crippen LogP contribution in [0.2, 0.25) is 0 Å². The molecule has 0 aromatic heterocycles. The summed E-state index contributed by atoms with van der Waals surface area (Å²) in [6, 6.07) is 0. The van der Waals surface area contributed by atoms with Gasteiger partial charge in [-0.3, -0.25) is 4.79 Å². The van der Waals surface area contributed by atoms with Gasteiger partial charge in [-0.05, 0) is 24.7 Å². The third-order valence-electron chi connectivity index (χ3n) is 3.90. The van der Waals surface area contributed by atoms with Gasteiger partial charge in [0.15, 0.2) is 0 Å². The molecule has 2 aliphatic rings. The van der Waals surface area contributed by atoms with Crippen molar-refractivity contribution in [3.63, 3.8) is 0 Å². The van der Waals surface area contributed by atoms with Crippen LogP contribution >= 0.6 is 0 Å². The molecule has 1 saturated heterocycles. The highest BCUT2D eigenvalue weighted by Gasteiger charge is 2.62. The quantitative estimate of drug-likeness (QED) is 0.722. The lowest BCUT2D eigenvalue weighted by molar-refractivity contribution is -0.168. The van der Waals surface area contributed by atoms with Gasteiger partial charge in [0.05, 0.1) is 19.6 Å². The molecule has 0 bridgehead atoms. The van der Waals surface area contributed by atoms with Gasteiger partial charge < -0.3 is 9.84 Å². The van der Waals surface area contributed by atoms with Crippen LogP contribution in [-0.2, 0) is 9.53 Å². The minimum atomic E-state index is -0.655. The molecule has 1 N–H and O–H groups in total. The normalized spacial score (nSPS) is 27.8. The van der Waals surface area contributed by atoms with Crippen LogP contribution in [0.25, 0.3) is 0 Å². The highest BCUT2D eigenvalue weighted by Crippen LogP contribution is 2.65. The monoisotopic (exact) mass is 184 g/mol. The summed E-state index contributed by atoms with van der Waals surface area (Å²) in [5, 5.41) is 8.83. The fourth-order valence-corrected chi connectivity index (χ4v) is 2.57. The third-order valence-corrected chi connectivity index (χ3v) is 3.90. The van der Waals surface area contributed by atoms with Gasteiger partial charge in [0.2, 0.25) is 0 Å². The Labute approximate surface area is 78.1 Å². The van der Waals surface area contributed by atoms with E-state index >= 15 is 0 Å². The lowest BCUT2D eigenvalue weighted by Gasteiger charge is -2.47. The molecule has 2 fully saturated rings. The zero-order chi connectivity index (χ0) is 9.53. The first kappa shape index (κ1) is 9.00. The van der Waals surface area contributed by atoms with Gasteiger partial charge in [0, 0.05) is 5.41 Å². The molecule has 74 valence electrons. The highest BCUT2D eigenvalue weighted by atomic mass is 16.5. The van der Waals surface area contributed by atoms with Gasteiger partial charge in [0.25, 0.3) is 0 Å². The smallest absolute Gasteiger partial charge is 0.303 e. The minimum Gasteiger partial charge on any atom is -0.481 e. The molecule has 3 heteroatoms. The first-order valence-electron chi connectivity index (χ1n) is 4.94. The van der Waals surface area contributed by atoms with Crippen LogP contribution < -0.4 is 0 Å². The molecule has 0 atom stereocenters. The molecule has 3 nitrogen and oxygen atoms in total. The number of carboxylic acids is 1. The van der Waals surface area contributed by atoms with Crippen LogP contribution in [0.1, 0.15) is 32.6 Å². The molecule has 0 radical (unpaired) electrons. The average molecular weight is 184 g/mol. The molecule has 13 heavy (non-hydrogen) atoms. The summed E-state index contributed by atoms with van der Waals surface area (Å²) in [5.41, 5.74) is 0.289. The fraction of sp³-hybridized carbons (Fsp3) is 0.900. The number of hydrogen-bond donors (Lipinski definition) is 1. The summed E-state index contributed by atoms with van der Waals surface area (Å²) in [4.78, 5) is 10.7. The van der Waals surface area contributed by atoms with E-state index in [1.54, 1.807) is 0 Å². The van der Waals surface area contributed by atoms with Crippen molar-refractivity contribution in [1.29, 1.82) is 0 Å². The third kappa shape index (κ3) is 1.17. The summed E-state index contributed by atoms with van der Waals surface area (Å²) in [6.07, 6.45) is 3.55. The Balaban J connectivity index is 2.09. The van der Waals surface area contributed by atoms with E-state index in [2.05, 4.69) is 6.92 Å². The number of ether oxygens (including phenoxy) is 1. The van der Waals surface area contributed by atoms with E-state index in [0.29, 0.717) is 6.42 Å². The molecule has 1 aliphatic heterocycles. The van der Waals surface area contributed by atoms with Crippen LogP contribution in [-0.4, -0.2) is 24.3 Å². The maximum atomic E-state index is 10.7. The molecule has 0 amide bonds. The highest BCUT2D eigenvalue weighted by molar-refractivity contribution is 5.68. The van der Waals surface area contributed by atoms with Gasteiger partial charge in [0.1, 0.15) is 0 Å². The van der Waals surface area contributed by atoms with Crippen molar-refractivity contribution in [2.75, 3.05) is 13.2 Å². The van der Waals surface area contributed by atoms with Crippen molar-refractivity contribution < 1.29 is 14.6 Å². The Morgan fingerprint density at radius 2 is 2.00 bits per heavy atom. The van der Waals surface area contributed by atoms with Gasteiger partial charge in [-0.25, -0.2) is 0 Å². The summed E-state index contributed by atoms with van der Waals surface area (Å²) in [6.45, 7) is 3.69. The van der Waals surface area contributed by atoms with Gasteiger partial charge in [-0.15, -0.1) is 0 Å². The molecule has 0 spiro atoms. The predicted octanol–water partition coefficient (Wildman–Crippen LogP) is 1.67. The van der Waals surface area contributed by atoms with E-state index in [1.165, 1.54) is 0 Å². The summed E-state index contributed by atoms with van der Waals surface area (Å²) >= 11 is 0. The first-order valence-corrected chi connectivity index (χ1v) is 4.94. The van der Waals surface area contributed by atoms with Crippen molar-refractivity contribution in [1.82, 2.24) is 0 Å². The van der Waals surface area contributed by atoms with Crippen molar-refractivity contribution in [3.05, 3.63) is 0 Å². The van der Waals surface area contributed by atoms with Crippen LogP contribution in [0.5, 0.6) is 0 Å². The standard InChI is InChI=1S/C10H16O3/c1-2-9(6-13-7-9)10(3-4-10)5-8(11)12/h2-7H2,1H3,(H,11,12). The van der Waals surface area contributed by atoms with E-state index in [9.17, 15) is 4.79 Å². The van der Waals surface area contributed by atoms with Gasteiger partial charge in [-0.1, -0.05) is 6.92 Å². The van der Waals surface area contributed by atoms with Crippen molar-refractivity contribution >= 4 is 5.97 Å². The second kappa shape index (κ2) is 2.71. The van der Waals surface area contributed by atoms with E-state index in [1.807, 2.05) is 0 Å². The molecule has 1 aliphatic carbocycles. The maximum absolute atomic E-state index is 10.7. The summed E-state index contributed by atoms with van der Waals surface area (Å²) in [5.74, 6) is -0.655. The van der Waals surface area contributed by atoms with E-state index < -0.39 is 5.97 Å². The molecule has 1 saturated carbocycles. The first-order chi connectivity index (χ1) is 6.14. The molecule has 1 heterocycles. The van der Waals surface area contributed by atoms with Gasteiger partial charge in [-0.2, -0.15) is 0 Å². The predicted molar refractivity (Wildman–Crippen MR) is 47.5 cm³/mol. The molecule has 0 unspecified atom stereocenters. The van der Waals surface area contributed by atoms with E-state index in [4.69, 9.17) is 9.84 Å². The number of hydrogen-bond acceptors (Lipinski definition) is 2. The number of carboxylic acid groups (broad SMARTS) is 1. The Morgan fingerprint density at radius 3 is 2.23 bits per heavy atom. The Hall–Kier alpha value is -0.570. The van der Waals surface area contributed by atoms with Crippen LogP contribution in [0.4, 0.5) is 0 Å². The average Bonchev–Trinajstić information content (AvgIpc) is 2.66. The second-order valence-electron chi connectivity index (χ2n) is 4.48. The van der Waals surface area contributed by atoms with E-state index in [-0.39, 0.29) is 10.8 Å². The summed E-state index contributed by atoms with van der Waals surface area (Å²) < 4.78 is 5.24. The summed E-state index contributed by atoms with van der Waals surface area (Å²) in [7, 11) is 0. The molecule has 0 aromatic carbocycles. The number of aliphatic carboxylic acids is 1. The largest absolute Gasteiger partial charge is 0.481 e. The Morgan fingerprint density at radius 1 is 1.38 bits per heavy atom. The molecular weight excluding hydrogens is 168 g/mol. The zero-order valence-corrected chi connectivity index (χ0v) is 8.01. The zero-order valence-electron chi connectivity index (χ0n) is 8.01. The molecular formula is C10H16O3. The second-order valence-corrected chi connectivity index (χ2v) is 4.48. The topological polar surface area (TPSA) is 46.5 Å². The minimum absolute atomic E-state index is 0.0891. The molecule has 2 rings (SSSR count). The van der Waals surface area contributed by atoms with Crippen LogP contribution in [0.3, 0.4) is 0 Å². The Bertz CT molecular complexity index is 221. The number of carbonyl (C=O) groups is 1. The van der Waals surface area contributed by atoms with E-state index in [0.717, 1.165) is 32.5 Å². The molecule has 0 aromatic rings. The van der Waals surface area contributed by atoms with Crippen molar-refractivity contribution in [3.8, 4) is 0 Å². The lowest BCUT2D eigenvalue weighted by atomic mass is 9.67. The lowest BCUT2D eigenvalue weighted by Crippen LogP contribution is -2.49. The Kier molecular flexibility index (Phi) is 1.88. The number of rotatable bonds is 4.